The van der Waals surface area contributed by atoms with E-state index in [0.717, 1.165) is 22.2 Å². The summed E-state index contributed by atoms with van der Waals surface area (Å²) in [4.78, 5) is 1.16. The van der Waals surface area contributed by atoms with Crippen LogP contribution >= 0.6 is 27.3 Å². The number of nitrogens with one attached hydrogen (secondary N) is 1. The third-order valence-electron chi connectivity index (χ3n) is 3.38. The second-order valence-electron chi connectivity index (χ2n) is 5.02. The molecule has 0 unspecified atom stereocenters. The van der Waals surface area contributed by atoms with E-state index in [4.69, 9.17) is 0 Å². The monoisotopic (exact) mass is 390 g/mol. The molecule has 0 saturated heterocycles. The van der Waals surface area contributed by atoms with Crippen molar-refractivity contribution in [2.75, 3.05) is 0 Å². The maximum atomic E-state index is 12.3. The van der Waals surface area contributed by atoms with Gasteiger partial charge in [0.05, 0.1) is 11.5 Å². The maximum Gasteiger partial charge on any atom is 0.242 e. The number of aromatic nitrogens is 1. The molecule has 3 rings (SSSR count). The molecule has 1 fully saturated rings. The Bertz CT molecular complexity index is 747. The minimum Gasteiger partial charge on any atom is -0.390 e. The van der Waals surface area contributed by atoms with Gasteiger partial charge in [-0.3, -0.25) is 0 Å². The lowest BCUT2D eigenvalue weighted by molar-refractivity contribution is 0.270. The zero-order chi connectivity index (χ0) is 15.0. The molecule has 2 aromatic heterocycles. The fourth-order valence-electron chi connectivity index (χ4n) is 2.16. The molecule has 2 N–H and O–H groups in total. The second-order valence-corrected chi connectivity index (χ2v) is 8.70. The molecule has 21 heavy (non-hydrogen) atoms. The number of thiophene rings is 1. The average Bonchev–Trinajstić information content (AvgIpc) is 3.05. The summed E-state index contributed by atoms with van der Waals surface area (Å²) in [5.41, 5.74) is 0.650. The predicted molar refractivity (Wildman–Crippen MR) is 84.7 cm³/mol. The predicted octanol–water partition coefficient (Wildman–Crippen LogP) is 2.62. The zero-order valence-corrected chi connectivity index (χ0v) is 14.3. The number of hydrogen-bond donors (Lipinski definition) is 2. The number of hydrogen-bond acceptors (Lipinski definition) is 4. The first-order valence-electron chi connectivity index (χ1n) is 6.54. The fourth-order valence-corrected chi connectivity index (χ4v) is 4.70. The van der Waals surface area contributed by atoms with Gasteiger partial charge in [0, 0.05) is 39.2 Å². The topological polar surface area (TPSA) is 71.3 Å². The highest BCUT2D eigenvalue weighted by atomic mass is 79.9. The molecule has 5 nitrogen and oxygen atoms in total. The van der Waals surface area contributed by atoms with Crippen LogP contribution in [0.3, 0.4) is 0 Å². The summed E-state index contributed by atoms with van der Waals surface area (Å²) in [5, 5.41) is 11.3. The van der Waals surface area contributed by atoms with Gasteiger partial charge in [-0.05, 0) is 40.9 Å². The van der Waals surface area contributed by atoms with E-state index in [9.17, 15) is 13.5 Å². The highest BCUT2D eigenvalue weighted by Gasteiger charge is 2.28. The molecule has 2 heterocycles. The van der Waals surface area contributed by atoms with Gasteiger partial charge in [-0.15, -0.1) is 11.3 Å². The minimum absolute atomic E-state index is 0.149. The molecule has 114 valence electrons. The summed E-state index contributed by atoms with van der Waals surface area (Å²) in [7, 11) is -3.56. The summed E-state index contributed by atoms with van der Waals surface area (Å²) >= 11 is 4.84. The molecule has 0 aliphatic heterocycles. The fraction of sp³-hybridized carbons (Fsp3) is 0.385. The molecule has 1 aliphatic carbocycles. The summed E-state index contributed by atoms with van der Waals surface area (Å²) in [6, 6.07) is 3.77. The molecular weight excluding hydrogens is 376 g/mol. The van der Waals surface area contributed by atoms with Gasteiger partial charge in [-0.2, -0.15) is 0 Å². The van der Waals surface area contributed by atoms with E-state index < -0.39 is 10.0 Å². The number of aliphatic hydroxyl groups is 1. The Hall–Kier alpha value is -0.670. The van der Waals surface area contributed by atoms with Crippen molar-refractivity contribution in [2.24, 2.45) is 0 Å². The van der Waals surface area contributed by atoms with Crippen molar-refractivity contribution in [3.05, 3.63) is 38.8 Å². The third-order valence-corrected chi connectivity index (χ3v) is 6.44. The Morgan fingerprint density at radius 3 is 2.76 bits per heavy atom. The van der Waals surface area contributed by atoms with Crippen molar-refractivity contribution in [3.63, 3.8) is 0 Å². The Kier molecular flexibility index (Phi) is 4.24. The third kappa shape index (κ3) is 3.40. The summed E-state index contributed by atoms with van der Waals surface area (Å²) in [6.07, 6.45) is 3.70. The number of sulfonamides is 1. The SMILES string of the molecule is O=S(=O)(NCc1cc(Br)cs1)c1cc(CO)n(C2CC2)c1. The van der Waals surface area contributed by atoms with Crippen molar-refractivity contribution < 1.29 is 13.5 Å². The van der Waals surface area contributed by atoms with Crippen LogP contribution in [-0.4, -0.2) is 18.1 Å². The van der Waals surface area contributed by atoms with Gasteiger partial charge in [0.1, 0.15) is 0 Å². The van der Waals surface area contributed by atoms with Gasteiger partial charge in [0.15, 0.2) is 0 Å². The quantitative estimate of drug-likeness (QED) is 0.795. The Balaban J connectivity index is 1.77. The van der Waals surface area contributed by atoms with E-state index in [1.807, 2.05) is 16.0 Å². The molecule has 0 atom stereocenters. The van der Waals surface area contributed by atoms with Crippen molar-refractivity contribution in [1.82, 2.24) is 9.29 Å². The van der Waals surface area contributed by atoms with Crippen LogP contribution in [0.1, 0.15) is 29.5 Å². The van der Waals surface area contributed by atoms with Crippen LogP contribution in [0.5, 0.6) is 0 Å². The smallest absolute Gasteiger partial charge is 0.242 e. The van der Waals surface area contributed by atoms with Gasteiger partial charge in [-0.1, -0.05) is 0 Å². The van der Waals surface area contributed by atoms with Crippen molar-refractivity contribution in [1.29, 1.82) is 0 Å². The van der Waals surface area contributed by atoms with Crippen LogP contribution < -0.4 is 4.72 Å². The minimum atomic E-state index is -3.56. The van der Waals surface area contributed by atoms with Gasteiger partial charge in [0.25, 0.3) is 0 Å². The first-order valence-corrected chi connectivity index (χ1v) is 9.69. The standard InChI is InChI=1S/C13H15BrN2O3S2/c14-9-3-12(20-8-9)5-15-21(18,19)13-4-11(7-17)16(6-13)10-1-2-10/h3-4,6,8,10,15,17H,1-2,5,7H2. The molecule has 8 heteroatoms. The van der Waals surface area contributed by atoms with E-state index >= 15 is 0 Å². The average molecular weight is 391 g/mol. The maximum absolute atomic E-state index is 12.3. The van der Waals surface area contributed by atoms with Gasteiger partial charge in [0.2, 0.25) is 10.0 Å². The molecule has 1 saturated carbocycles. The lowest BCUT2D eigenvalue weighted by atomic mass is 10.4. The highest BCUT2D eigenvalue weighted by Crippen LogP contribution is 2.37. The number of halogens is 1. The van der Waals surface area contributed by atoms with Gasteiger partial charge in [-0.25, -0.2) is 13.1 Å². The largest absolute Gasteiger partial charge is 0.390 e. The second kappa shape index (κ2) is 5.85. The Morgan fingerprint density at radius 2 is 2.19 bits per heavy atom. The molecule has 0 aromatic carbocycles. The number of nitrogens with zero attached hydrogens (tertiary/aromatic N) is 1. The molecule has 1 aliphatic rings. The van der Waals surface area contributed by atoms with E-state index in [2.05, 4.69) is 20.7 Å². The first-order chi connectivity index (χ1) is 9.99. The van der Waals surface area contributed by atoms with E-state index in [-0.39, 0.29) is 18.0 Å². The van der Waals surface area contributed by atoms with Crippen LogP contribution in [0, 0.1) is 0 Å². The molecule has 0 spiro atoms. The van der Waals surface area contributed by atoms with Crippen molar-refractivity contribution in [3.8, 4) is 0 Å². The van der Waals surface area contributed by atoms with Crippen LogP contribution in [0.4, 0.5) is 0 Å². The van der Waals surface area contributed by atoms with E-state index in [0.29, 0.717) is 11.7 Å². The number of aliphatic hydroxyl groups excluding tert-OH is 1. The molecule has 2 aromatic rings. The normalized spacial score (nSPS) is 15.5. The zero-order valence-electron chi connectivity index (χ0n) is 11.1. The number of rotatable bonds is 6. The van der Waals surface area contributed by atoms with Crippen molar-refractivity contribution >= 4 is 37.3 Å². The van der Waals surface area contributed by atoms with E-state index in [1.165, 1.54) is 11.3 Å². The van der Waals surface area contributed by atoms with Crippen LogP contribution in [0.25, 0.3) is 0 Å². The lowest BCUT2D eigenvalue weighted by Crippen LogP contribution is -2.22. The van der Waals surface area contributed by atoms with Crippen molar-refractivity contribution in [2.45, 2.75) is 36.9 Å². The van der Waals surface area contributed by atoms with Gasteiger partial charge < -0.3 is 9.67 Å². The van der Waals surface area contributed by atoms with E-state index in [1.54, 1.807) is 12.3 Å². The lowest BCUT2D eigenvalue weighted by Gasteiger charge is -2.04. The highest BCUT2D eigenvalue weighted by molar-refractivity contribution is 9.10. The summed E-state index contributed by atoms with van der Waals surface area (Å²) in [5.74, 6) is 0. The molecule has 0 radical (unpaired) electrons. The summed E-state index contributed by atoms with van der Waals surface area (Å²) < 4.78 is 30.1. The first kappa shape index (κ1) is 15.2. The van der Waals surface area contributed by atoms with Crippen LogP contribution in [0.2, 0.25) is 0 Å². The molecular formula is C13H15BrN2O3S2. The molecule has 0 amide bonds. The van der Waals surface area contributed by atoms with Gasteiger partial charge >= 0.3 is 0 Å². The Labute approximate surface area is 135 Å². The van der Waals surface area contributed by atoms with Crippen LogP contribution in [-0.2, 0) is 23.2 Å². The van der Waals surface area contributed by atoms with Crippen LogP contribution in [0.15, 0.2) is 33.1 Å². The summed E-state index contributed by atoms with van der Waals surface area (Å²) in [6.45, 7) is 0.117. The Morgan fingerprint density at radius 1 is 1.43 bits per heavy atom. The molecule has 0 bridgehead atoms.